The van der Waals surface area contributed by atoms with Gasteiger partial charge in [-0.3, -0.25) is 4.57 Å². The number of H-pyrrole nitrogens is 1. The molecule has 3 rings (SSSR count). The van der Waals surface area contributed by atoms with Crippen LogP contribution < -0.4 is 0 Å². The van der Waals surface area contributed by atoms with Gasteiger partial charge in [-0.25, -0.2) is 0 Å². The van der Waals surface area contributed by atoms with E-state index in [4.69, 9.17) is 47.0 Å². The lowest BCUT2D eigenvalue weighted by molar-refractivity contribution is 1.07. The van der Waals surface area contributed by atoms with Crippen LogP contribution >= 0.6 is 47.0 Å². The number of aromatic amines is 1. The van der Waals surface area contributed by atoms with Crippen molar-refractivity contribution in [3.63, 3.8) is 0 Å². The number of hydrogen-bond acceptors (Lipinski definition) is 1. The van der Waals surface area contributed by atoms with Crippen LogP contribution in [0.25, 0.3) is 16.7 Å². The quantitative estimate of drug-likeness (QED) is 0.572. The molecular weight excluding hydrogens is 323 g/mol. The third-order valence-corrected chi connectivity index (χ3v) is 3.71. The third-order valence-electron chi connectivity index (χ3n) is 2.75. The van der Waals surface area contributed by atoms with Gasteiger partial charge in [0.1, 0.15) is 0 Å². The number of rotatable bonds is 1. The Labute approximate surface area is 129 Å². The van der Waals surface area contributed by atoms with Crippen molar-refractivity contribution in [2.75, 3.05) is 0 Å². The maximum absolute atomic E-state index is 6.04. The zero-order valence-electron chi connectivity index (χ0n) is 9.45. The third kappa shape index (κ3) is 2.39. The van der Waals surface area contributed by atoms with Gasteiger partial charge in [-0.1, -0.05) is 34.8 Å². The molecule has 1 heterocycles. The second kappa shape index (κ2) is 4.84. The van der Waals surface area contributed by atoms with Crippen LogP contribution in [0.15, 0.2) is 36.4 Å². The molecule has 0 saturated heterocycles. The number of nitrogens with one attached hydrogen (secondary N) is 1. The van der Waals surface area contributed by atoms with Crippen molar-refractivity contribution in [3.05, 3.63) is 56.2 Å². The Kier molecular flexibility index (Phi) is 3.31. The number of hydrogen-bond donors (Lipinski definition) is 1. The molecule has 2 aromatic carbocycles. The van der Waals surface area contributed by atoms with E-state index in [1.54, 1.807) is 18.2 Å². The molecule has 1 N–H and O–H groups in total. The first-order chi connectivity index (χ1) is 9.04. The topological polar surface area (TPSA) is 20.7 Å². The Hall–Kier alpha value is -1.000. The molecule has 0 atom stereocenters. The summed E-state index contributed by atoms with van der Waals surface area (Å²) in [4.78, 5) is 3.12. The zero-order chi connectivity index (χ0) is 13.6. The second-order valence-electron chi connectivity index (χ2n) is 4.05. The van der Waals surface area contributed by atoms with Crippen molar-refractivity contribution in [2.45, 2.75) is 0 Å². The average Bonchev–Trinajstić information content (AvgIpc) is 2.63. The first kappa shape index (κ1) is 13.0. The smallest absolute Gasteiger partial charge is 0.182 e. The van der Waals surface area contributed by atoms with Gasteiger partial charge in [0.15, 0.2) is 4.77 Å². The number of benzene rings is 2. The molecular formula is C13H7Cl3N2S. The Morgan fingerprint density at radius 2 is 1.58 bits per heavy atom. The number of nitrogens with zero attached hydrogens (tertiary/aromatic N) is 1. The van der Waals surface area contributed by atoms with E-state index in [1.165, 1.54) is 0 Å². The minimum absolute atomic E-state index is 0.556. The van der Waals surface area contributed by atoms with E-state index >= 15 is 0 Å². The largest absolute Gasteiger partial charge is 0.330 e. The standard InChI is InChI=1S/C13H7Cl3N2S/c14-7-1-2-11-12(6-7)18(13(19)17-11)10-4-8(15)3-9(16)5-10/h1-6H,(H,17,19). The molecule has 0 saturated carbocycles. The van der Waals surface area contributed by atoms with Crippen molar-refractivity contribution in [1.29, 1.82) is 0 Å². The number of fused-ring (bicyclic) bond motifs is 1. The predicted molar refractivity (Wildman–Crippen MR) is 83.5 cm³/mol. The van der Waals surface area contributed by atoms with E-state index in [2.05, 4.69) is 4.98 Å². The normalized spacial score (nSPS) is 11.1. The van der Waals surface area contributed by atoms with E-state index in [1.807, 2.05) is 22.8 Å². The highest BCUT2D eigenvalue weighted by Gasteiger charge is 2.08. The fourth-order valence-corrected chi connectivity index (χ4v) is 3.00. The highest BCUT2D eigenvalue weighted by atomic mass is 35.5. The summed E-state index contributed by atoms with van der Waals surface area (Å²) in [6.45, 7) is 0. The van der Waals surface area contributed by atoms with E-state index in [-0.39, 0.29) is 0 Å². The highest BCUT2D eigenvalue weighted by Crippen LogP contribution is 2.27. The summed E-state index contributed by atoms with van der Waals surface area (Å²) < 4.78 is 2.42. The summed E-state index contributed by atoms with van der Waals surface area (Å²) in [7, 11) is 0. The Bertz CT molecular complexity index is 815. The van der Waals surface area contributed by atoms with Crippen molar-refractivity contribution in [2.24, 2.45) is 0 Å². The van der Waals surface area contributed by atoms with Gasteiger partial charge in [0.2, 0.25) is 0 Å². The van der Waals surface area contributed by atoms with Gasteiger partial charge < -0.3 is 4.98 Å². The molecule has 6 heteroatoms. The first-order valence-electron chi connectivity index (χ1n) is 5.41. The van der Waals surface area contributed by atoms with Crippen molar-refractivity contribution < 1.29 is 0 Å². The van der Waals surface area contributed by atoms with E-state index < -0.39 is 0 Å². The van der Waals surface area contributed by atoms with Crippen LogP contribution in [-0.4, -0.2) is 9.55 Å². The molecule has 0 aliphatic carbocycles. The van der Waals surface area contributed by atoms with E-state index in [0.29, 0.717) is 19.8 Å². The summed E-state index contributed by atoms with van der Waals surface area (Å²) in [6, 6.07) is 10.8. The second-order valence-corrected chi connectivity index (χ2v) is 5.75. The molecule has 0 bridgehead atoms. The molecule has 0 radical (unpaired) electrons. The molecule has 3 aromatic rings. The maximum Gasteiger partial charge on any atom is 0.182 e. The lowest BCUT2D eigenvalue weighted by Gasteiger charge is -2.06. The van der Waals surface area contributed by atoms with Gasteiger partial charge in [-0.2, -0.15) is 0 Å². The molecule has 1 aromatic heterocycles. The van der Waals surface area contributed by atoms with Gasteiger partial charge in [-0.05, 0) is 48.6 Å². The van der Waals surface area contributed by atoms with Crippen LogP contribution in [-0.2, 0) is 0 Å². The Morgan fingerprint density at radius 1 is 0.895 bits per heavy atom. The molecule has 0 aliphatic rings. The molecule has 19 heavy (non-hydrogen) atoms. The fourth-order valence-electron chi connectivity index (χ4n) is 2.00. The van der Waals surface area contributed by atoms with Gasteiger partial charge in [-0.15, -0.1) is 0 Å². The van der Waals surface area contributed by atoms with Gasteiger partial charge in [0.05, 0.1) is 16.7 Å². The van der Waals surface area contributed by atoms with Gasteiger partial charge in [0.25, 0.3) is 0 Å². The summed E-state index contributed by atoms with van der Waals surface area (Å²) >= 11 is 23.4. The minimum Gasteiger partial charge on any atom is -0.330 e. The minimum atomic E-state index is 0.556. The van der Waals surface area contributed by atoms with Gasteiger partial charge >= 0.3 is 0 Å². The predicted octanol–water partition coefficient (Wildman–Crippen LogP) is 5.65. The fraction of sp³-hybridized carbons (Fsp3) is 0. The molecule has 0 aliphatic heterocycles. The first-order valence-corrected chi connectivity index (χ1v) is 6.95. The van der Waals surface area contributed by atoms with Crippen LogP contribution in [0.1, 0.15) is 0 Å². The van der Waals surface area contributed by atoms with E-state index in [0.717, 1.165) is 16.7 Å². The summed E-state index contributed by atoms with van der Waals surface area (Å²) in [5.41, 5.74) is 2.59. The van der Waals surface area contributed by atoms with Crippen LogP contribution in [0.4, 0.5) is 0 Å². The van der Waals surface area contributed by atoms with Crippen LogP contribution in [0.5, 0.6) is 0 Å². The number of imidazole rings is 1. The summed E-state index contributed by atoms with van der Waals surface area (Å²) in [5, 5.41) is 1.75. The van der Waals surface area contributed by atoms with Crippen LogP contribution in [0.3, 0.4) is 0 Å². The molecule has 0 spiro atoms. The average molecular weight is 330 g/mol. The summed E-state index contributed by atoms with van der Waals surface area (Å²) in [6.07, 6.45) is 0. The monoisotopic (exact) mass is 328 g/mol. The number of aromatic nitrogens is 2. The highest BCUT2D eigenvalue weighted by molar-refractivity contribution is 7.71. The molecule has 0 amide bonds. The van der Waals surface area contributed by atoms with Crippen molar-refractivity contribution >= 4 is 58.1 Å². The number of halogens is 3. The Balaban J connectivity index is 2.38. The molecule has 0 unspecified atom stereocenters. The van der Waals surface area contributed by atoms with Crippen molar-refractivity contribution in [3.8, 4) is 5.69 Å². The summed E-state index contributed by atoms with van der Waals surface area (Å²) in [5.74, 6) is 0. The Morgan fingerprint density at radius 3 is 2.26 bits per heavy atom. The molecule has 0 fully saturated rings. The zero-order valence-corrected chi connectivity index (χ0v) is 12.5. The van der Waals surface area contributed by atoms with Crippen molar-refractivity contribution in [1.82, 2.24) is 9.55 Å². The molecule has 2 nitrogen and oxygen atoms in total. The van der Waals surface area contributed by atoms with Gasteiger partial charge in [0, 0.05) is 15.1 Å². The SMILES string of the molecule is S=c1[nH]c2ccc(Cl)cc2n1-c1cc(Cl)cc(Cl)c1. The van der Waals surface area contributed by atoms with E-state index in [9.17, 15) is 0 Å². The van der Waals surface area contributed by atoms with Crippen LogP contribution in [0, 0.1) is 4.77 Å². The lowest BCUT2D eigenvalue weighted by Crippen LogP contribution is -1.94. The molecule has 96 valence electrons. The maximum atomic E-state index is 6.04. The lowest BCUT2D eigenvalue weighted by atomic mass is 10.3. The van der Waals surface area contributed by atoms with Crippen LogP contribution in [0.2, 0.25) is 15.1 Å².